The molecule has 0 aliphatic carbocycles. The van der Waals surface area contributed by atoms with E-state index >= 15 is 0 Å². The molecule has 10 nitrogen and oxygen atoms in total. The van der Waals surface area contributed by atoms with Crippen molar-refractivity contribution in [3.8, 4) is 0 Å². The van der Waals surface area contributed by atoms with E-state index in [0.717, 1.165) is 15.7 Å². The van der Waals surface area contributed by atoms with Gasteiger partial charge in [-0.05, 0) is 24.3 Å². The molecule has 254 valence electrons. The summed E-state index contributed by atoms with van der Waals surface area (Å²) in [5.41, 5.74) is 2.72. The number of halogens is 11. The monoisotopic (exact) mass is 1080 g/mol. The predicted molar refractivity (Wildman–Crippen MR) is 183 cm³/mol. The maximum atomic E-state index is 12.0. The minimum Gasteiger partial charge on any atom is -0.197 e. The average molecular weight is 1080 g/mol. The fourth-order valence-corrected chi connectivity index (χ4v) is 2.44. The van der Waals surface area contributed by atoms with Gasteiger partial charge in [-0.25, -0.2) is 4.21 Å². The molecule has 0 fully saturated rings. The molecule has 2 aromatic carbocycles. The zero-order valence-corrected chi connectivity index (χ0v) is 32.8. The number of para-hydroxylation sites is 3. The van der Waals surface area contributed by atoms with Crippen molar-refractivity contribution in [1.82, 2.24) is 30.4 Å². The van der Waals surface area contributed by atoms with E-state index in [4.69, 9.17) is 9.32 Å². The van der Waals surface area contributed by atoms with Gasteiger partial charge in [-0.15, -0.1) is 5.10 Å². The molecule has 4 aromatic rings. The zero-order chi connectivity index (χ0) is 35.2. The molecule has 0 unspecified atom stereocenters. The summed E-state index contributed by atoms with van der Waals surface area (Å²) in [5, 5.41) is 25.3. The Hall–Kier alpha value is -0.536. The summed E-state index contributed by atoms with van der Waals surface area (Å²) in [6, 6.07) is 14.3. The second-order valence-electron chi connectivity index (χ2n) is 7.20. The summed E-state index contributed by atoms with van der Waals surface area (Å²) in [6.45, 7) is 5.00. The number of benzene rings is 2. The van der Waals surface area contributed by atoms with Gasteiger partial charge in [0.15, 0.2) is 0 Å². The first-order valence-corrected chi connectivity index (χ1v) is 27.8. The summed E-state index contributed by atoms with van der Waals surface area (Å²) >= 11 is 7.39. The number of aromatic amines is 1. The van der Waals surface area contributed by atoms with Gasteiger partial charge in [0, 0.05) is 27.8 Å². The molecule has 0 spiro atoms. The van der Waals surface area contributed by atoms with Crippen molar-refractivity contribution < 1.29 is 50.2 Å². The first-order valence-electron chi connectivity index (χ1n) is 11.5. The van der Waals surface area contributed by atoms with Crippen molar-refractivity contribution in [1.29, 1.82) is 0 Å². The van der Waals surface area contributed by atoms with E-state index in [9.17, 15) is 35.9 Å². The molecule has 0 atom stereocenters. The first-order chi connectivity index (χ1) is 20.8. The Balaban J connectivity index is 0. The molecule has 2 N–H and O–H groups in total. The molecule has 2 aromatic heterocycles. The van der Waals surface area contributed by atoms with Crippen LogP contribution in [0.1, 0.15) is 37.4 Å². The molecule has 0 bridgehead atoms. The van der Waals surface area contributed by atoms with Gasteiger partial charge in [0.1, 0.15) is 16.6 Å². The van der Waals surface area contributed by atoms with Crippen LogP contribution in [0.3, 0.4) is 0 Å². The maximum Gasteiger partial charge on any atom is 0.112 e. The van der Waals surface area contributed by atoms with Gasteiger partial charge in [-0.2, -0.15) is 53.4 Å². The Kier molecular flexibility index (Phi) is 26.4. The SMILES string of the molecule is O=C(CCC(F)(F)F)n1nnc2ccccc21.O=C(O)CCC(F)(F)F.O=S(Cl)Cl.[CH2-]C.[I][V]([I])[I].c1ccc2n[nH]nc2c1. The number of carbonyl (C=O) groups is 2. The third-order valence-corrected chi connectivity index (χ3v) is 4.06. The molecular formula is C22H23Cl2F6I3N6O4SV-. The van der Waals surface area contributed by atoms with Crippen LogP contribution in [0.4, 0.5) is 26.3 Å². The molecule has 45 heavy (non-hydrogen) atoms. The number of aliphatic carboxylic acids is 1. The molecule has 0 amide bonds. The second kappa shape index (κ2) is 25.5. The molecule has 0 saturated carbocycles. The van der Waals surface area contributed by atoms with Crippen molar-refractivity contribution in [2.75, 3.05) is 0 Å². The topological polar surface area (TPSA) is 144 Å². The minimum atomic E-state index is -4.35. The van der Waals surface area contributed by atoms with E-state index in [2.05, 4.69) is 114 Å². The van der Waals surface area contributed by atoms with Gasteiger partial charge in [0.2, 0.25) is 15.1 Å². The molecule has 0 saturated heterocycles. The molecule has 0 aliphatic heterocycles. The van der Waals surface area contributed by atoms with Crippen LogP contribution in [0.15, 0.2) is 48.5 Å². The molecule has 4 rings (SSSR count). The number of carboxylic acid groups (broad SMARTS) is 1. The quantitative estimate of drug-likeness (QED) is 0.0892. The number of nitrogens with one attached hydrogen (secondary N) is 1. The number of aromatic nitrogens is 6. The molecular weight excluding hydrogens is 1060 g/mol. The number of hydrogen-bond donors (Lipinski definition) is 2. The van der Waals surface area contributed by atoms with Crippen LogP contribution in [-0.2, 0) is 18.9 Å². The maximum absolute atomic E-state index is 12.0. The summed E-state index contributed by atoms with van der Waals surface area (Å²) in [7, 11) is 7.36. The summed E-state index contributed by atoms with van der Waals surface area (Å²) in [6.07, 6.45) is -12.6. The smallest absolute Gasteiger partial charge is 0.112 e. The van der Waals surface area contributed by atoms with E-state index in [1.165, 1.54) is 0 Å². The number of alkyl halides is 6. The third-order valence-electron chi connectivity index (χ3n) is 4.06. The van der Waals surface area contributed by atoms with E-state index in [1.807, 2.05) is 24.3 Å². The summed E-state index contributed by atoms with van der Waals surface area (Å²) in [5.74, 6) is -2.14. The van der Waals surface area contributed by atoms with Gasteiger partial charge >= 0.3 is 83.2 Å². The van der Waals surface area contributed by atoms with E-state index < -0.39 is 59.1 Å². The van der Waals surface area contributed by atoms with Crippen LogP contribution in [-0.4, -0.2) is 63.9 Å². The van der Waals surface area contributed by atoms with Crippen LogP contribution < -0.4 is 0 Å². The van der Waals surface area contributed by atoms with Crippen molar-refractivity contribution in [3.63, 3.8) is 0 Å². The number of carbonyl (C=O) groups excluding carboxylic acids is 1. The molecule has 23 heteroatoms. The zero-order valence-electron chi connectivity index (χ0n) is 22.6. The number of rotatable bonds is 4. The van der Waals surface area contributed by atoms with Crippen LogP contribution in [0.25, 0.3) is 22.1 Å². The normalized spacial score (nSPS) is 10.6. The fourth-order valence-electron chi connectivity index (χ4n) is 2.44. The van der Waals surface area contributed by atoms with Crippen molar-refractivity contribution in [2.24, 2.45) is 0 Å². The van der Waals surface area contributed by atoms with Gasteiger partial charge < -0.3 is 12.0 Å². The largest absolute Gasteiger partial charge is 0.197 e. The van der Waals surface area contributed by atoms with Crippen LogP contribution in [0, 0.1) is 6.92 Å². The number of fused-ring (bicyclic) bond motifs is 2. The number of H-pyrrole nitrogens is 1. The number of carboxylic acids is 1. The van der Waals surface area contributed by atoms with E-state index in [1.54, 1.807) is 31.2 Å². The van der Waals surface area contributed by atoms with Crippen molar-refractivity contribution in [3.05, 3.63) is 55.5 Å². The molecule has 0 radical (unpaired) electrons. The Morgan fingerprint density at radius 3 is 1.64 bits per heavy atom. The third kappa shape index (κ3) is 27.1. The first kappa shape index (κ1) is 46.6. The summed E-state index contributed by atoms with van der Waals surface area (Å²) < 4.78 is 79.4. The molecule has 2 heterocycles. The Bertz CT molecular complexity index is 1400. The Morgan fingerprint density at radius 2 is 1.27 bits per heavy atom. The van der Waals surface area contributed by atoms with Gasteiger partial charge in [0.25, 0.3) is 0 Å². The molecule has 0 aliphatic rings. The predicted octanol–water partition coefficient (Wildman–Crippen LogP) is 9.32. The number of hydrogen-bond acceptors (Lipinski definition) is 7. The van der Waals surface area contributed by atoms with E-state index in [0.29, 0.717) is 11.0 Å². The van der Waals surface area contributed by atoms with Gasteiger partial charge in [0.05, 0.1) is 24.8 Å². The Morgan fingerprint density at radius 1 is 0.889 bits per heavy atom. The minimum absolute atomic E-state index is 0.278. The van der Waals surface area contributed by atoms with Crippen LogP contribution in [0.2, 0.25) is 0 Å². The van der Waals surface area contributed by atoms with E-state index in [-0.39, 0.29) is 4.92 Å². The standard InChI is InChI=1S/C10H8F3N3O.C6H5N3.C4H5F3O2.C2H5.Cl2OS.3HI.V/c11-10(12,13)6-5-9(17)16-8-4-2-1-3-7(8)14-15-16;1-2-4-6-5(3-1)7-9-8-6;5-4(6,7)2-1-3(8)9;1-2;1-4(2)3;;;;/h1-4H,5-6H2;1-4H,(H,7,8,9);1-2H2,(H,8,9);1H2,2H3;;3*1H;/q;;;-1;;;;;+3/p-3. The van der Waals surface area contributed by atoms with Crippen molar-refractivity contribution in [2.45, 2.75) is 45.0 Å². The second-order valence-corrected chi connectivity index (χ2v) is 45.1. The van der Waals surface area contributed by atoms with Crippen LogP contribution in [0.5, 0.6) is 0 Å². The Labute approximate surface area is 302 Å². The average Bonchev–Trinajstić information content (AvgIpc) is 3.59. The number of nitrogens with zero attached hydrogens (tertiary/aromatic N) is 5. The van der Waals surface area contributed by atoms with Crippen molar-refractivity contribution >= 4 is 124 Å². The van der Waals surface area contributed by atoms with Gasteiger partial charge in [-0.1, -0.05) is 29.5 Å². The fraction of sp³-hybridized carbons (Fsp3) is 0.318. The van der Waals surface area contributed by atoms with Gasteiger partial charge in [-0.3, -0.25) is 9.59 Å². The summed E-state index contributed by atoms with van der Waals surface area (Å²) in [4.78, 5) is 20.8. The van der Waals surface area contributed by atoms with Crippen LogP contribution >= 0.6 is 81.3 Å².